The van der Waals surface area contributed by atoms with E-state index in [1.54, 1.807) is 0 Å². The van der Waals surface area contributed by atoms with E-state index >= 15 is 0 Å². The highest BCUT2D eigenvalue weighted by Crippen LogP contribution is 2.42. The van der Waals surface area contributed by atoms with E-state index in [1.807, 2.05) is 0 Å². The van der Waals surface area contributed by atoms with Crippen LogP contribution in [0.3, 0.4) is 0 Å². The van der Waals surface area contributed by atoms with Crippen molar-refractivity contribution in [2.24, 2.45) is 5.73 Å². The van der Waals surface area contributed by atoms with Crippen LogP contribution in [0.15, 0.2) is 12.1 Å². The predicted octanol–water partition coefficient (Wildman–Crippen LogP) is 1.53. The number of aryl methyl sites for hydroxylation is 1. The normalized spacial score (nSPS) is 21.4. The summed E-state index contributed by atoms with van der Waals surface area (Å²) < 4.78 is 5.56. The van der Waals surface area contributed by atoms with Gasteiger partial charge in [-0.05, 0) is 36.0 Å². The van der Waals surface area contributed by atoms with Gasteiger partial charge in [-0.2, -0.15) is 0 Å². The molecule has 3 heteroatoms. The molecule has 0 fully saturated rings. The molecule has 1 aromatic rings. The van der Waals surface area contributed by atoms with Crippen LogP contribution in [-0.2, 0) is 17.6 Å². The zero-order valence-electron chi connectivity index (χ0n) is 9.16. The topological polar surface area (TPSA) is 52.3 Å². The number of carbonyl (C=O) groups excluding carboxylic acids is 1. The minimum atomic E-state index is -0.200. The van der Waals surface area contributed by atoms with Crippen LogP contribution in [0, 0.1) is 0 Å². The van der Waals surface area contributed by atoms with Crippen LogP contribution in [0.1, 0.15) is 35.4 Å². The van der Waals surface area contributed by atoms with E-state index < -0.39 is 0 Å². The Morgan fingerprint density at radius 2 is 2.31 bits per heavy atom. The Morgan fingerprint density at radius 3 is 3.12 bits per heavy atom. The van der Waals surface area contributed by atoms with Gasteiger partial charge in [0, 0.05) is 18.4 Å². The number of amides is 1. The minimum Gasteiger partial charge on any atom is -0.493 e. The largest absolute Gasteiger partial charge is 0.493 e. The maximum atomic E-state index is 11.1. The summed E-state index contributed by atoms with van der Waals surface area (Å²) in [5.74, 6) is 1.13. The van der Waals surface area contributed by atoms with E-state index in [9.17, 15) is 4.79 Å². The number of rotatable bonds is 2. The van der Waals surface area contributed by atoms with Crippen molar-refractivity contribution in [2.75, 3.05) is 6.61 Å². The second-order valence-electron chi connectivity index (χ2n) is 4.62. The third-order valence-corrected chi connectivity index (χ3v) is 3.63. The van der Waals surface area contributed by atoms with E-state index in [0.29, 0.717) is 12.3 Å². The molecular formula is C13H15NO2. The number of hydrogen-bond donors (Lipinski definition) is 1. The lowest BCUT2D eigenvalue weighted by Crippen LogP contribution is -2.14. The summed E-state index contributed by atoms with van der Waals surface area (Å²) in [4.78, 5) is 11.1. The molecule has 1 aliphatic heterocycles. The summed E-state index contributed by atoms with van der Waals surface area (Å²) in [5.41, 5.74) is 9.37. The number of ether oxygens (including phenoxy) is 1. The lowest BCUT2D eigenvalue weighted by molar-refractivity contribution is -0.118. The van der Waals surface area contributed by atoms with Gasteiger partial charge < -0.3 is 10.5 Å². The van der Waals surface area contributed by atoms with E-state index in [-0.39, 0.29) is 5.91 Å². The Balaban J connectivity index is 2.03. The fourth-order valence-electron chi connectivity index (χ4n) is 3.00. The summed E-state index contributed by atoms with van der Waals surface area (Å²) in [6.45, 7) is 0.773. The van der Waals surface area contributed by atoms with Gasteiger partial charge in [-0.15, -0.1) is 0 Å². The van der Waals surface area contributed by atoms with Gasteiger partial charge in [-0.1, -0.05) is 6.07 Å². The lowest BCUT2D eigenvalue weighted by atomic mass is 9.92. The molecule has 1 heterocycles. The van der Waals surface area contributed by atoms with Gasteiger partial charge in [0.05, 0.1) is 6.61 Å². The van der Waals surface area contributed by atoms with Crippen molar-refractivity contribution >= 4 is 5.91 Å². The third-order valence-electron chi connectivity index (χ3n) is 3.63. The number of benzene rings is 1. The monoisotopic (exact) mass is 217 g/mol. The Morgan fingerprint density at radius 1 is 1.44 bits per heavy atom. The molecule has 16 heavy (non-hydrogen) atoms. The molecule has 1 atom stereocenters. The average molecular weight is 217 g/mol. The first kappa shape index (κ1) is 9.70. The molecule has 0 unspecified atom stereocenters. The van der Waals surface area contributed by atoms with E-state index in [1.165, 1.54) is 16.7 Å². The van der Waals surface area contributed by atoms with Gasteiger partial charge in [0.15, 0.2) is 0 Å². The van der Waals surface area contributed by atoms with Crippen molar-refractivity contribution < 1.29 is 9.53 Å². The molecule has 0 aromatic heterocycles. The highest BCUT2D eigenvalue weighted by atomic mass is 16.5. The molecule has 1 amide bonds. The van der Waals surface area contributed by atoms with Crippen LogP contribution in [0.4, 0.5) is 0 Å². The number of carbonyl (C=O) groups is 1. The van der Waals surface area contributed by atoms with Gasteiger partial charge in [-0.3, -0.25) is 4.79 Å². The summed E-state index contributed by atoms with van der Waals surface area (Å²) in [5, 5.41) is 0. The van der Waals surface area contributed by atoms with Crippen molar-refractivity contribution in [3.05, 3.63) is 28.8 Å². The molecule has 1 aliphatic carbocycles. The second-order valence-corrected chi connectivity index (χ2v) is 4.62. The molecular weight excluding hydrogens is 202 g/mol. The van der Waals surface area contributed by atoms with Crippen LogP contribution in [0.2, 0.25) is 0 Å². The molecule has 3 nitrogen and oxygen atoms in total. The second kappa shape index (κ2) is 3.51. The number of primary amides is 1. The van der Waals surface area contributed by atoms with Crippen LogP contribution in [0.5, 0.6) is 5.75 Å². The van der Waals surface area contributed by atoms with Crippen LogP contribution in [0.25, 0.3) is 0 Å². The van der Waals surface area contributed by atoms with Gasteiger partial charge in [0.25, 0.3) is 0 Å². The molecule has 0 radical (unpaired) electrons. The van der Waals surface area contributed by atoms with Gasteiger partial charge in [0.1, 0.15) is 5.75 Å². The zero-order chi connectivity index (χ0) is 11.1. The first-order valence-corrected chi connectivity index (χ1v) is 5.81. The van der Waals surface area contributed by atoms with Crippen LogP contribution >= 0.6 is 0 Å². The van der Waals surface area contributed by atoms with E-state index in [4.69, 9.17) is 10.5 Å². The summed E-state index contributed by atoms with van der Waals surface area (Å²) >= 11 is 0. The average Bonchev–Trinajstić information content (AvgIpc) is 2.82. The number of nitrogens with two attached hydrogens (primary N) is 1. The van der Waals surface area contributed by atoms with Gasteiger partial charge >= 0.3 is 0 Å². The lowest BCUT2D eigenvalue weighted by Gasteiger charge is -2.12. The molecule has 0 bridgehead atoms. The van der Waals surface area contributed by atoms with Crippen LogP contribution < -0.4 is 10.5 Å². The van der Waals surface area contributed by atoms with E-state index in [2.05, 4.69) is 12.1 Å². The molecule has 84 valence electrons. The smallest absolute Gasteiger partial charge is 0.218 e. The molecule has 0 saturated heterocycles. The van der Waals surface area contributed by atoms with Crippen molar-refractivity contribution in [3.63, 3.8) is 0 Å². The van der Waals surface area contributed by atoms with Crippen molar-refractivity contribution in [1.29, 1.82) is 0 Å². The molecule has 2 N–H and O–H groups in total. The Bertz CT molecular complexity index is 453. The molecule has 3 rings (SSSR count). The molecule has 0 spiro atoms. The SMILES string of the molecule is NC(=O)C[C@@H]1CCc2ccc3c(c21)CCO3. The summed E-state index contributed by atoms with van der Waals surface area (Å²) in [6, 6.07) is 4.20. The zero-order valence-corrected chi connectivity index (χ0v) is 9.16. The first-order valence-electron chi connectivity index (χ1n) is 5.81. The minimum absolute atomic E-state index is 0.200. The quantitative estimate of drug-likeness (QED) is 0.816. The number of hydrogen-bond acceptors (Lipinski definition) is 2. The van der Waals surface area contributed by atoms with E-state index in [0.717, 1.165) is 31.6 Å². The van der Waals surface area contributed by atoms with Crippen molar-refractivity contribution in [2.45, 2.75) is 31.6 Å². The van der Waals surface area contributed by atoms with Crippen molar-refractivity contribution in [3.8, 4) is 5.75 Å². The third kappa shape index (κ3) is 1.39. The maximum absolute atomic E-state index is 11.1. The highest BCUT2D eigenvalue weighted by molar-refractivity contribution is 5.75. The van der Waals surface area contributed by atoms with Crippen molar-refractivity contribution in [1.82, 2.24) is 0 Å². The number of fused-ring (bicyclic) bond motifs is 3. The Kier molecular flexibility index (Phi) is 2.13. The summed E-state index contributed by atoms with van der Waals surface area (Å²) in [6.07, 6.45) is 3.58. The van der Waals surface area contributed by atoms with Gasteiger partial charge in [0.2, 0.25) is 5.91 Å². The highest BCUT2D eigenvalue weighted by Gasteiger charge is 2.30. The predicted molar refractivity (Wildman–Crippen MR) is 60.5 cm³/mol. The Hall–Kier alpha value is -1.51. The maximum Gasteiger partial charge on any atom is 0.218 e. The van der Waals surface area contributed by atoms with Gasteiger partial charge in [-0.25, -0.2) is 0 Å². The molecule has 2 aliphatic rings. The first-order chi connectivity index (χ1) is 7.75. The molecule has 0 saturated carbocycles. The van der Waals surface area contributed by atoms with Crippen LogP contribution in [-0.4, -0.2) is 12.5 Å². The standard InChI is InChI=1S/C13H15NO2/c14-12(15)7-9-2-1-8-3-4-11-10(13(8)9)5-6-16-11/h3-4,9H,1-2,5-7H2,(H2,14,15)/t9-/m0/s1. The fourth-order valence-corrected chi connectivity index (χ4v) is 3.00. The molecule has 1 aromatic carbocycles. The Labute approximate surface area is 94.6 Å². The fraction of sp³-hybridized carbons (Fsp3) is 0.462. The summed E-state index contributed by atoms with van der Waals surface area (Å²) in [7, 11) is 0.